The summed E-state index contributed by atoms with van der Waals surface area (Å²) in [5.74, 6) is -0.261. The van der Waals surface area contributed by atoms with Gasteiger partial charge >= 0.3 is 5.97 Å². The molecule has 1 fully saturated rings. The molecule has 0 spiro atoms. The van der Waals surface area contributed by atoms with E-state index in [1.807, 2.05) is 0 Å². The van der Waals surface area contributed by atoms with Crippen LogP contribution in [0.15, 0.2) is 0 Å². The number of ketones is 1. The Hall–Kier alpha value is -1.47. The third-order valence-corrected chi connectivity index (χ3v) is 4.99. The van der Waals surface area contributed by atoms with Crippen LogP contribution in [0, 0.1) is 5.92 Å². The van der Waals surface area contributed by atoms with Crippen molar-refractivity contribution in [1.29, 1.82) is 0 Å². The van der Waals surface area contributed by atoms with Crippen LogP contribution in [0.5, 0.6) is 0 Å². The lowest BCUT2D eigenvalue weighted by Gasteiger charge is -2.35. The molecule has 2 heterocycles. The van der Waals surface area contributed by atoms with Crippen molar-refractivity contribution in [3.05, 3.63) is 10.6 Å². The first-order valence-electron chi connectivity index (χ1n) is 6.85. The minimum atomic E-state index is -0.573. The smallest absolute Gasteiger partial charge is 0.358 e. The quantitative estimate of drug-likeness (QED) is 0.625. The van der Waals surface area contributed by atoms with E-state index in [9.17, 15) is 9.59 Å². The van der Waals surface area contributed by atoms with E-state index in [4.69, 9.17) is 9.47 Å². The Bertz CT molecular complexity index is 543. The summed E-state index contributed by atoms with van der Waals surface area (Å²) in [6, 6.07) is 0. The number of hydrogen-bond donors (Lipinski definition) is 0. The maximum atomic E-state index is 11.7. The van der Waals surface area contributed by atoms with Gasteiger partial charge in [0.05, 0.1) is 13.2 Å². The normalized spacial score (nSPS) is 22.2. The van der Waals surface area contributed by atoms with Gasteiger partial charge in [0.2, 0.25) is 0 Å². The van der Waals surface area contributed by atoms with E-state index in [1.165, 1.54) is 25.4 Å². The van der Waals surface area contributed by atoms with Crippen LogP contribution in [0.2, 0.25) is 0 Å². The molecule has 2 rings (SSSR count). The van der Waals surface area contributed by atoms with Crippen molar-refractivity contribution in [2.24, 2.45) is 5.92 Å². The minimum absolute atomic E-state index is 0.109. The van der Waals surface area contributed by atoms with E-state index in [-0.39, 0.29) is 17.6 Å². The van der Waals surface area contributed by atoms with Crippen LogP contribution < -0.4 is 4.90 Å². The van der Waals surface area contributed by atoms with E-state index in [0.29, 0.717) is 22.5 Å². The average molecular weight is 312 g/mol. The molecule has 0 aromatic carbocycles. The van der Waals surface area contributed by atoms with Gasteiger partial charge in [-0.05, 0) is 12.3 Å². The largest absolute Gasteiger partial charge is 0.464 e. The maximum absolute atomic E-state index is 11.7. The second kappa shape index (κ2) is 6.53. The van der Waals surface area contributed by atoms with Crippen LogP contribution in [-0.4, -0.2) is 50.1 Å². The predicted molar refractivity (Wildman–Crippen MR) is 80.2 cm³/mol. The molecule has 1 saturated heterocycles. The standard InChI is InChI=1S/C14H20N2O4S/c1-8-5-6-16(7-10(8)19-3)14-15-11(13(18)20-4)12(21-14)9(2)17/h8,10H,5-7H2,1-4H3. The number of carbonyl (C=O) groups is 2. The van der Waals surface area contributed by atoms with E-state index in [0.717, 1.165) is 13.0 Å². The molecular weight excluding hydrogens is 292 g/mol. The Morgan fingerprint density at radius 3 is 2.67 bits per heavy atom. The second-order valence-corrected chi connectivity index (χ2v) is 6.19. The summed E-state index contributed by atoms with van der Waals surface area (Å²) in [4.78, 5) is 30.1. The van der Waals surface area contributed by atoms with Crippen molar-refractivity contribution < 1.29 is 19.1 Å². The summed E-state index contributed by atoms with van der Waals surface area (Å²) in [5, 5.41) is 0.676. The van der Waals surface area contributed by atoms with Gasteiger partial charge in [-0.2, -0.15) is 0 Å². The minimum Gasteiger partial charge on any atom is -0.464 e. The van der Waals surface area contributed by atoms with Crippen molar-refractivity contribution in [1.82, 2.24) is 4.98 Å². The SMILES string of the molecule is COC(=O)c1nc(N2CCC(C)C(OC)C2)sc1C(C)=O. The zero-order valence-corrected chi connectivity index (χ0v) is 13.5. The highest BCUT2D eigenvalue weighted by atomic mass is 32.1. The molecule has 0 N–H and O–H groups in total. The highest BCUT2D eigenvalue weighted by Gasteiger charge is 2.30. The molecule has 116 valence electrons. The van der Waals surface area contributed by atoms with Gasteiger partial charge in [0.1, 0.15) is 4.88 Å². The van der Waals surface area contributed by atoms with Crippen LogP contribution >= 0.6 is 11.3 Å². The molecular formula is C14H20N2O4S. The summed E-state index contributed by atoms with van der Waals surface area (Å²) in [6.07, 6.45) is 1.12. The van der Waals surface area contributed by atoms with Gasteiger partial charge in [0.15, 0.2) is 16.6 Å². The number of hydrogen-bond acceptors (Lipinski definition) is 7. The number of piperidine rings is 1. The molecule has 2 unspecified atom stereocenters. The predicted octanol–water partition coefficient (Wildman–Crippen LogP) is 1.99. The average Bonchev–Trinajstić information content (AvgIpc) is 2.92. The zero-order valence-electron chi connectivity index (χ0n) is 12.7. The number of rotatable bonds is 4. The molecule has 0 radical (unpaired) electrons. The number of aromatic nitrogens is 1. The molecule has 1 aliphatic rings. The van der Waals surface area contributed by atoms with Crippen LogP contribution in [0.25, 0.3) is 0 Å². The summed E-state index contributed by atoms with van der Waals surface area (Å²) < 4.78 is 10.2. The highest BCUT2D eigenvalue weighted by Crippen LogP contribution is 2.31. The molecule has 7 heteroatoms. The van der Waals surface area contributed by atoms with Gasteiger partial charge in [0.25, 0.3) is 0 Å². The van der Waals surface area contributed by atoms with E-state index < -0.39 is 5.97 Å². The molecule has 2 atom stereocenters. The molecule has 0 bridgehead atoms. The van der Waals surface area contributed by atoms with Gasteiger partial charge in [-0.1, -0.05) is 18.3 Å². The van der Waals surface area contributed by atoms with Gasteiger partial charge in [-0.15, -0.1) is 0 Å². The Morgan fingerprint density at radius 1 is 1.38 bits per heavy atom. The number of thiazole rings is 1. The van der Waals surface area contributed by atoms with Crippen LogP contribution in [0.4, 0.5) is 5.13 Å². The monoisotopic (exact) mass is 312 g/mol. The van der Waals surface area contributed by atoms with E-state index >= 15 is 0 Å². The lowest BCUT2D eigenvalue weighted by molar-refractivity contribution is 0.0498. The summed E-state index contributed by atoms with van der Waals surface area (Å²) in [6.45, 7) is 5.14. The Labute approximate surface area is 128 Å². The summed E-state index contributed by atoms with van der Waals surface area (Å²) >= 11 is 1.24. The number of esters is 1. The molecule has 1 aliphatic heterocycles. The fourth-order valence-electron chi connectivity index (χ4n) is 2.43. The molecule has 1 aromatic rings. The van der Waals surface area contributed by atoms with Gasteiger partial charge in [0, 0.05) is 27.1 Å². The van der Waals surface area contributed by atoms with Crippen LogP contribution in [0.3, 0.4) is 0 Å². The third kappa shape index (κ3) is 3.24. The Balaban J connectivity index is 2.28. The second-order valence-electron chi connectivity index (χ2n) is 5.21. The molecule has 21 heavy (non-hydrogen) atoms. The number of carbonyl (C=O) groups excluding carboxylic acids is 2. The molecule has 1 aromatic heterocycles. The fraction of sp³-hybridized carbons (Fsp3) is 0.643. The van der Waals surface area contributed by atoms with Crippen molar-refractivity contribution in [3.63, 3.8) is 0 Å². The van der Waals surface area contributed by atoms with Crippen molar-refractivity contribution in [2.45, 2.75) is 26.4 Å². The summed E-state index contributed by atoms with van der Waals surface area (Å²) in [5.41, 5.74) is 0.109. The molecule has 6 nitrogen and oxygen atoms in total. The van der Waals surface area contributed by atoms with Crippen LogP contribution in [0.1, 0.15) is 40.4 Å². The number of Topliss-reactive ketones (excluding diaryl/α,β-unsaturated/α-hetero) is 1. The number of methoxy groups -OCH3 is 2. The molecule has 0 saturated carbocycles. The van der Waals surface area contributed by atoms with Crippen molar-refractivity contribution >= 4 is 28.2 Å². The first kappa shape index (κ1) is 15.9. The van der Waals surface area contributed by atoms with E-state index in [2.05, 4.69) is 16.8 Å². The lowest BCUT2D eigenvalue weighted by atomic mass is 9.96. The Morgan fingerprint density at radius 2 is 2.10 bits per heavy atom. The van der Waals surface area contributed by atoms with Crippen molar-refractivity contribution in [3.8, 4) is 0 Å². The van der Waals surface area contributed by atoms with Gasteiger partial charge < -0.3 is 14.4 Å². The first-order valence-corrected chi connectivity index (χ1v) is 7.67. The number of ether oxygens (including phenoxy) is 2. The van der Waals surface area contributed by atoms with Crippen molar-refractivity contribution in [2.75, 3.05) is 32.2 Å². The van der Waals surface area contributed by atoms with E-state index in [1.54, 1.807) is 7.11 Å². The first-order chi connectivity index (χ1) is 9.97. The lowest BCUT2D eigenvalue weighted by Crippen LogP contribution is -2.43. The molecule has 0 amide bonds. The van der Waals surface area contributed by atoms with Gasteiger partial charge in [-0.3, -0.25) is 4.79 Å². The molecule has 0 aliphatic carbocycles. The summed E-state index contributed by atoms with van der Waals surface area (Å²) in [7, 11) is 2.99. The maximum Gasteiger partial charge on any atom is 0.358 e. The van der Waals surface area contributed by atoms with Gasteiger partial charge in [-0.25, -0.2) is 9.78 Å². The number of nitrogens with zero attached hydrogens (tertiary/aromatic N) is 2. The zero-order chi connectivity index (χ0) is 15.6. The van der Waals surface area contributed by atoms with Crippen LogP contribution in [-0.2, 0) is 9.47 Å². The number of anilines is 1. The highest BCUT2D eigenvalue weighted by molar-refractivity contribution is 7.17. The fourth-order valence-corrected chi connectivity index (χ4v) is 3.42. The third-order valence-electron chi connectivity index (χ3n) is 3.78. The topological polar surface area (TPSA) is 68.7 Å². The Kier molecular flexibility index (Phi) is 4.95.